The number of non-ortho nitro benzene ring substituents is 1. The fourth-order valence-electron chi connectivity index (χ4n) is 3.13. The molecule has 0 radical (unpaired) electrons. The minimum Gasteiger partial charge on any atom is -0.340 e. The van der Waals surface area contributed by atoms with Gasteiger partial charge in [0.05, 0.1) is 4.92 Å². The maximum absolute atomic E-state index is 12.7. The van der Waals surface area contributed by atoms with E-state index in [1.54, 1.807) is 36.4 Å². The van der Waals surface area contributed by atoms with Gasteiger partial charge in [-0.3, -0.25) is 14.9 Å². The molecule has 1 amide bonds. The summed E-state index contributed by atoms with van der Waals surface area (Å²) in [6.07, 6.45) is 0.440. The monoisotopic (exact) mass is 414 g/mol. The standard InChI is InChI=1S/C23H18N4O4/c28-22(17-10-5-2-6-11-17)24-20(14-16-8-3-1-4-9-16)23-25-21(26-31-23)18-12-7-13-19(15-18)27(29)30/h1-13,15,20H,14H2,(H,24,28). The van der Waals surface area contributed by atoms with Crippen LogP contribution in [0.25, 0.3) is 11.4 Å². The Hall–Kier alpha value is -4.33. The predicted molar refractivity (Wildman–Crippen MR) is 113 cm³/mol. The molecule has 0 fully saturated rings. The maximum Gasteiger partial charge on any atom is 0.270 e. The highest BCUT2D eigenvalue weighted by molar-refractivity contribution is 5.94. The van der Waals surface area contributed by atoms with E-state index in [0.717, 1.165) is 5.56 Å². The van der Waals surface area contributed by atoms with Gasteiger partial charge in [0, 0.05) is 29.7 Å². The highest BCUT2D eigenvalue weighted by atomic mass is 16.6. The second-order valence-corrected chi connectivity index (χ2v) is 6.85. The second kappa shape index (κ2) is 9.00. The average Bonchev–Trinajstić information content (AvgIpc) is 3.30. The molecule has 0 bridgehead atoms. The number of nitrogens with zero attached hydrogens (tertiary/aromatic N) is 3. The van der Waals surface area contributed by atoms with Gasteiger partial charge < -0.3 is 9.84 Å². The van der Waals surface area contributed by atoms with Gasteiger partial charge in [-0.05, 0) is 17.7 Å². The predicted octanol–water partition coefficient (Wildman–Crippen LogP) is 4.36. The van der Waals surface area contributed by atoms with E-state index < -0.39 is 11.0 Å². The van der Waals surface area contributed by atoms with Crippen LogP contribution in [0.5, 0.6) is 0 Å². The van der Waals surface area contributed by atoms with E-state index in [1.165, 1.54) is 12.1 Å². The van der Waals surface area contributed by atoms with Gasteiger partial charge in [0.25, 0.3) is 11.6 Å². The Kier molecular flexibility index (Phi) is 5.79. The van der Waals surface area contributed by atoms with Crippen LogP contribution in [-0.4, -0.2) is 21.0 Å². The number of benzene rings is 3. The van der Waals surface area contributed by atoms with Gasteiger partial charge in [0.2, 0.25) is 11.7 Å². The summed E-state index contributed by atoms with van der Waals surface area (Å²) in [5.41, 5.74) is 1.88. The third kappa shape index (κ3) is 4.81. The molecule has 0 aliphatic rings. The lowest BCUT2D eigenvalue weighted by Crippen LogP contribution is -2.30. The highest BCUT2D eigenvalue weighted by Gasteiger charge is 2.23. The Bertz CT molecular complexity index is 1190. The topological polar surface area (TPSA) is 111 Å². The minimum atomic E-state index is -0.574. The van der Waals surface area contributed by atoms with E-state index in [-0.39, 0.29) is 23.3 Å². The van der Waals surface area contributed by atoms with E-state index in [9.17, 15) is 14.9 Å². The van der Waals surface area contributed by atoms with Crippen LogP contribution < -0.4 is 5.32 Å². The first kappa shape index (κ1) is 20.0. The fourth-order valence-corrected chi connectivity index (χ4v) is 3.13. The molecule has 4 rings (SSSR count). The van der Waals surface area contributed by atoms with Crippen LogP contribution in [0.2, 0.25) is 0 Å². The molecular weight excluding hydrogens is 396 g/mol. The summed E-state index contributed by atoms with van der Waals surface area (Å²) in [5.74, 6) is 0.164. The van der Waals surface area contributed by atoms with E-state index in [4.69, 9.17) is 4.52 Å². The normalized spacial score (nSPS) is 11.6. The lowest BCUT2D eigenvalue weighted by atomic mass is 10.1. The zero-order valence-electron chi connectivity index (χ0n) is 16.3. The van der Waals surface area contributed by atoms with Crippen molar-refractivity contribution < 1.29 is 14.2 Å². The molecule has 0 aliphatic heterocycles. The van der Waals surface area contributed by atoms with Crippen molar-refractivity contribution in [2.75, 3.05) is 0 Å². The van der Waals surface area contributed by atoms with E-state index in [0.29, 0.717) is 17.5 Å². The van der Waals surface area contributed by atoms with Crippen LogP contribution in [0.15, 0.2) is 89.5 Å². The van der Waals surface area contributed by atoms with Gasteiger partial charge in [0.1, 0.15) is 6.04 Å². The van der Waals surface area contributed by atoms with Gasteiger partial charge in [-0.15, -0.1) is 0 Å². The SMILES string of the molecule is O=C(NC(Cc1ccccc1)c1nc(-c2cccc([N+](=O)[O-])c2)no1)c1ccccc1. The second-order valence-electron chi connectivity index (χ2n) is 6.85. The third-order valence-electron chi connectivity index (χ3n) is 4.68. The molecule has 1 atom stereocenters. The zero-order chi connectivity index (χ0) is 21.6. The number of hydrogen-bond donors (Lipinski definition) is 1. The van der Waals surface area contributed by atoms with Crippen molar-refractivity contribution in [2.45, 2.75) is 12.5 Å². The minimum absolute atomic E-state index is 0.0675. The summed E-state index contributed by atoms with van der Waals surface area (Å²) in [6.45, 7) is 0. The molecule has 1 N–H and O–H groups in total. The van der Waals surface area contributed by atoms with Crippen molar-refractivity contribution in [1.29, 1.82) is 0 Å². The molecule has 1 unspecified atom stereocenters. The van der Waals surface area contributed by atoms with E-state index >= 15 is 0 Å². The summed E-state index contributed by atoms with van der Waals surface area (Å²) in [4.78, 5) is 27.7. The number of aromatic nitrogens is 2. The number of nitrogens with one attached hydrogen (secondary N) is 1. The summed E-state index contributed by atoms with van der Waals surface area (Å²) in [5, 5.41) is 18.0. The van der Waals surface area contributed by atoms with E-state index in [2.05, 4.69) is 15.5 Å². The smallest absolute Gasteiger partial charge is 0.270 e. The molecule has 0 spiro atoms. The Labute approximate surface area is 177 Å². The van der Waals surface area contributed by atoms with Crippen LogP contribution in [0.4, 0.5) is 5.69 Å². The Morgan fingerprint density at radius 1 is 1.00 bits per heavy atom. The number of amides is 1. The molecular formula is C23H18N4O4. The zero-order valence-corrected chi connectivity index (χ0v) is 16.3. The number of nitro benzene ring substituents is 1. The van der Waals surface area contributed by atoms with Crippen LogP contribution >= 0.6 is 0 Å². The molecule has 1 aromatic heterocycles. The molecule has 1 heterocycles. The Morgan fingerprint density at radius 3 is 2.42 bits per heavy atom. The van der Waals surface area contributed by atoms with Gasteiger partial charge in [0.15, 0.2) is 0 Å². The number of carbonyl (C=O) groups is 1. The van der Waals surface area contributed by atoms with Crippen LogP contribution in [-0.2, 0) is 6.42 Å². The average molecular weight is 414 g/mol. The van der Waals surface area contributed by atoms with Crippen molar-refractivity contribution >= 4 is 11.6 Å². The molecule has 4 aromatic rings. The first-order valence-corrected chi connectivity index (χ1v) is 9.58. The molecule has 154 valence electrons. The third-order valence-corrected chi connectivity index (χ3v) is 4.68. The quantitative estimate of drug-likeness (QED) is 0.355. The van der Waals surface area contributed by atoms with Crippen LogP contribution in [0.1, 0.15) is 27.9 Å². The lowest BCUT2D eigenvalue weighted by Gasteiger charge is -2.15. The van der Waals surface area contributed by atoms with Crippen molar-refractivity contribution in [3.8, 4) is 11.4 Å². The van der Waals surface area contributed by atoms with E-state index in [1.807, 2.05) is 36.4 Å². The molecule has 8 nitrogen and oxygen atoms in total. The first-order valence-electron chi connectivity index (χ1n) is 9.58. The van der Waals surface area contributed by atoms with Gasteiger partial charge in [-0.1, -0.05) is 65.8 Å². The molecule has 0 aliphatic carbocycles. The first-order chi connectivity index (χ1) is 15.1. The van der Waals surface area contributed by atoms with Crippen molar-refractivity contribution in [3.05, 3.63) is 112 Å². The lowest BCUT2D eigenvalue weighted by molar-refractivity contribution is -0.384. The van der Waals surface area contributed by atoms with Gasteiger partial charge >= 0.3 is 0 Å². The van der Waals surface area contributed by atoms with Crippen molar-refractivity contribution in [3.63, 3.8) is 0 Å². The van der Waals surface area contributed by atoms with Crippen LogP contribution in [0.3, 0.4) is 0 Å². The summed E-state index contributed by atoms with van der Waals surface area (Å²) in [6, 6.07) is 23.9. The molecule has 0 saturated carbocycles. The fraction of sp³-hybridized carbons (Fsp3) is 0.0870. The molecule has 0 saturated heterocycles. The summed E-state index contributed by atoms with van der Waals surface area (Å²) >= 11 is 0. The maximum atomic E-state index is 12.7. The largest absolute Gasteiger partial charge is 0.340 e. The highest BCUT2D eigenvalue weighted by Crippen LogP contribution is 2.24. The Morgan fingerprint density at radius 2 is 1.71 bits per heavy atom. The summed E-state index contributed by atoms with van der Waals surface area (Å²) < 4.78 is 5.44. The Balaban J connectivity index is 1.63. The number of carbonyl (C=O) groups excluding carboxylic acids is 1. The molecule has 8 heteroatoms. The number of rotatable bonds is 7. The van der Waals surface area contributed by atoms with Gasteiger partial charge in [-0.25, -0.2) is 0 Å². The molecule has 3 aromatic carbocycles. The van der Waals surface area contributed by atoms with Crippen molar-refractivity contribution in [2.24, 2.45) is 0 Å². The summed E-state index contributed by atoms with van der Waals surface area (Å²) in [7, 11) is 0. The molecule has 31 heavy (non-hydrogen) atoms. The number of hydrogen-bond acceptors (Lipinski definition) is 6. The van der Waals surface area contributed by atoms with Crippen molar-refractivity contribution in [1.82, 2.24) is 15.5 Å². The van der Waals surface area contributed by atoms with Crippen LogP contribution in [0, 0.1) is 10.1 Å². The van der Waals surface area contributed by atoms with Gasteiger partial charge in [-0.2, -0.15) is 4.98 Å². The number of nitro groups is 1.